The van der Waals surface area contributed by atoms with Crippen molar-refractivity contribution in [1.29, 1.82) is 0 Å². The first-order valence-electron chi connectivity index (χ1n) is 12.1. The van der Waals surface area contributed by atoms with Crippen LogP contribution in [-0.2, 0) is 12.8 Å². The molecule has 0 saturated heterocycles. The monoisotopic (exact) mass is 520 g/mol. The molecular weight excluding hydrogens is 491 g/mol. The number of carbonyl (C=O) groups is 1. The number of allylic oxidation sites excluding steroid dienone is 2. The van der Waals surface area contributed by atoms with E-state index >= 15 is 0 Å². The first kappa shape index (κ1) is 27.4. The lowest BCUT2D eigenvalue weighted by atomic mass is 10.1. The third-order valence-corrected chi connectivity index (χ3v) is 6.29. The summed E-state index contributed by atoms with van der Waals surface area (Å²) in [5.41, 5.74) is 1.83. The van der Waals surface area contributed by atoms with E-state index in [1.165, 1.54) is 41.9 Å². The van der Waals surface area contributed by atoms with Crippen LogP contribution in [0, 0.1) is 5.82 Å². The van der Waals surface area contributed by atoms with Gasteiger partial charge >= 0.3 is 0 Å². The lowest BCUT2D eigenvalue weighted by molar-refractivity contribution is 0.103. The average Bonchev–Trinajstić information content (AvgIpc) is 3.39. The molecule has 0 bridgehead atoms. The van der Waals surface area contributed by atoms with Crippen molar-refractivity contribution in [3.8, 4) is 11.3 Å². The number of halogens is 1. The van der Waals surface area contributed by atoms with Gasteiger partial charge in [0.25, 0.3) is 11.5 Å². The minimum absolute atomic E-state index is 0.0281. The second-order valence-corrected chi connectivity index (χ2v) is 8.44. The van der Waals surface area contributed by atoms with Crippen molar-refractivity contribution in [2.45, 2.75) is 40.5 Å². The van der Waals surface area contributed by atoms with Gasteiger partial charge in [0.15, 0.2) is 0 Å². The first-order valence-corrected chi connectivity index (χ1v) is 12.9. The van der Waals surface area contributed by atoms with E-state index in [1.807, 2.05) is 33.8 Å². The van der Waals surface area contributed by atoms with Crippen LogP contribution in [0.25, 0.3) is 11.3 Å². The van der Waals surface area contributed by atoms with E-state index in [0.717, 1.165) is 23.3 Å². The van der Waals surface area contributed by atoms with Crippen LogP contribution < -0.4 is 16.2 Å². The van der Waals surface area contributed by atoms with Crippen molar-refractivity contribution in [2.24, 2.45) is 0 Å². The smallest absolute Gasteiger partial charge is 0.287 e. The highest BCUT2D eigenvalue weighted by Crippen LogP contribution is 2.29. The van der Waals surface area contributed by atoms with E-state index in [-0.39, 0.29) is 17.3 Å². The number of aromatic amines is 1. The molecule has 4 aromatic rings. The Labute approximate surface area is 218 Å². The largest absolute Gasteiger partial charge is 0.336 e. The van der Waals surface area contributed by atoms with Gasteiger partial charge < -0.3 is 10.6 Å². The Bertz CT molecular complexity index is 1410. The van der Waals surface area contributed by atoms with Crippen molar-refractivity contribution >= 4 is 34.4 Å². The predicted octanol–water partition coefficient (Wildman–Crippen LogP) is 6.13. The summed E-state index contributed by atoms with van der Waals surface area (Å²) < 4.78 is 14.5. The number of rotatable bonds is 5. The first-order chi connectivity index (χ1) is 18.1. The summed E-state index contributed by atoms with van der Waals surface area (Å²) in [6, 6.07) is 9.25. The van der Waals surface area contributed by atoms with Gasteiger partial charge in [-0.15, -0.1) is 11.3 Å². The van der Waals surface area contributed by atoms with Gasteiger partial charge in [-0.3, -0.25) is 9.59 Å². The molecule has 0 unspecified atom stereocenters. The van der Waals surface area contributed by atoms with Gasteiger partial charge in [-0.25, -0.2) is 19.5 Å². The van der Waals surface area contributed by atoms with Crippen molar-refractivity contribution < 1.29 is 9.18 Å². The van der Waals surface area contributed by atoms with Crippen LogP contribution in [0.1, 0.15) is 47.8 Å². The molecule has 0 aliphatic heterocycles. The van der Waals surface area contributed by atoms with Gasteiger partial charge in [-0.1, -0.05) is 39.8 Å². The summed E-state index contributed by atoms with van der Waals surface area (Å²) in [5.74, 6) is -0.501. The molecule has 8 nitrogen and oxygen atoms in total. The molecule has 3 N–H and O–H groups in total. The number of aromatic nitrogens is 4. The van der Waals surface area contributed by atoms with Gasteiger partial charge in [0.1, 0.15) is 23.6 Å². The van der Waals surface area contributed by atoms with Crippen LogP contribution in [0.3, 0.4) is 0 Å². The molecule has 192 valence electrons. The van der Waals surface area contributed by atoms with E-state index in [0.29, 0.717) is 22.0 Å². The van der Waals surface area contributed by atoms with E-state index in [4.69, 9.17) is 0 Å². The molecule has 0 atom stereocenters. The highest BCUT2D eigenvalue weighted by molar-refractivity contribution is 7.14. The van der Waals surface area contributed by atoms with Gasteiger partial charge in [0.2, 0.25) is 0 Å². The molecule has 0 spiro atoms. The molecule has 1 aliphatic carbocycles. The number of benzene rings is 1. The van der Waals surface area contributed by atoms with Crippen LogP contribution >= 0.6 is 11.3 Å². The lowest BCUT2D eigenvalue weighted by Crippen LogP contribution is -2.14. The zero-order valence-corrected chi connectivity index (χ0v) is 21.9. The summed E-state index contributed by atoms with van der Waals surface area (Å²) >= 11 is 1.42. The number of nitrogens with one attached hydrogen (secondary N) is 3. The standard InChI is InChI=1S/C23H17FN6O2S.2C2H6/c24-15-6-5-13(16-11-18(22(31)30-29-16)27-21-7-8-25-12-26-21)9-17(15)28-23(32)20-10-14-3-1-2-4-19(14)33-20;2*1-2/h1-2,5-12H,3-4H2,(H,28,32)(H,30,31)(H,25,26,27,29);2*1-2H3. The molecule has 0 fully saturated rings. The number of amides is 1. The van der Waals surface area contributed by atoms with Crippen LogP contribution in [0.15, 0.2) is 65.9 Å². The molecule has 37 heavy (non-hydrogen) atoms. The third kappa shape index (κ3) is 6.73. The summed E-state index contributed by atoms with van der Waals surface area (Å²) in [6.45, 7) is 8.00. The molecule has 1 aliphatic rings. The number of carbonyl (C=O) groups excluding carboxylic acids is 1. The highest BCUT2D eigenvalue weighted by atomic mass is 32.1. The van der Waals surface area contributed by atoms with Crippen molar-refractivity contribution in [1.82, 2.24) is 20.2 Å². The van der Waals surface area contributed by atoms with Gasteiger partial charge in [-0.05, 0) is 48.4 Å². The maximum absolute atomic E-state index is 14.5. The molecule has 1 amide bonds. The predicted molar refractivity (Wildman–Crippen MR) is 147 cm³/mol. The Morgan fingerprint density at radius 2 is 1.81 bits per heavy atom. The van der Waals surface area contributed by atoms with Crippen LogP contribution in [0.2, 0.25) is 0 Å². The maximum atomic E-state index is 14.5. The number of hydrogen-bond donors (Lipinski definition) is 3. The second-order valence-electron chi connectivity index (χ2n) is 7.30. The average molecular weight is 521 g/mol. The van der Waals surface area contributed by atoms with Gasteiger partial charge in [-0.2, -0.15) is 5.10 Å². The molecule has 5 rings (SSSR count). The van der Waals surface area contributed by atoms with E-state index in [2.05, 4.69) is 43.0 Å². The fraction of sp³-hybridized carbons (Fsp3) is 0.222. The van der Waals surface area contributed by atoms with Gasteiger partial charge in [0.05, 0.1) is 16.3 Å². The third-order valence-electron chi connectivity index (χ3n) is 5.09. The van der Waals surface area contributed by atoms with Gasteiger partial charge in [0, 0.05) is 23.1 Å². The van der Waals surface area contributed by atoms with E-state index < -0.39 is 11.4 Å². The van der Waals surface area contributed by atoms with E-state index in [9.17, 15) is 14.0 Å². The molecule has 0 radical (unpaired) electrons. The molecule has 10 heteroatoms. The lowest BCUT2D eigenvalue weighted by Gasteiger charge is -2.09. The van der Waals surface area contributed by atoms with Crippen LogP contribution in [0.5, 0.6) is 0 Å². The molecule has 3 aromatic heterocycles. The Hall–Kier alpha value is -4.18. The topological polar surface area (TPSA) is 113 Å². The molecule has 1 aromatic carbocycles. The van der Waals surface area contributed by atoms with E-state index in [1.54, 1.807) is 12.3 Å². The SMILES string of the molecule is CC.CC.O=C(Nc1cc(-c2cc(Nc3ccncn3)c(=O)[nH]n2)ccc1F)c1cc2c(s1)CC=CC2. The van der Waals surface area contributed by atoms with Crippen molar-refractivity contribution in [3.63, 3.8) is 0 Å². The molecular formula is C27H29FN6O2S. The summed E-state index contributed by atoms with van der Waals surface area (Å²) in [4.78, 5) is 34.5. The highest BCUT2D eigenvalue weighted by Gasteiger charge is 2.17. The van der Waals surface area contributed by atoms with Crippen LogP contribution in [0.4, 0.5) is 21.6 Å². The fourth-order valence-corrected chi connectivity index (χ4v) is 4.50. The Balaban J connectivity index is 0.000000907. The Kier molecular flexibility index (Phi) is 9.79. The minimum Gasteiger partial charge on any atom is -0.336 e. The zero-order valence-electron chi connectivity index (χ0n) is 21.1. The Morgan fingerprint density at radius 3 is 2.54 bits per heavy atom. The number of hydrogen-bond acceptors (Lipinski definition) is 7. The number of thiophene rings is 1. The maximum Gasteiger partial charge on any atom is 0.287 e. The number of nitrogens with zero attached hydrogens (tertiary/aromatic N) is 3. The van der Waals surface area contributed by atoms with Crippen LogP contribution in [-0.4, -0.2) is 26.1 Å². The number of fused-ring (bicyclic) bond motifs is 1. The normalized spacial score (nSPS) is 11.3. The van der Waals surface area contributed by atoms with Crippen molar-refractivity contribution in [3.05, 3.63) is 92.6 Å². The number of anilines is 3. The summed E-state index contributed by atoms with van der Waals surface area (Å²) in [7, 11) is 0. The quantitative estimate of drug-likeness (QED) is 0.273. The summed E-state index contributed by atoms with van der Waals surface area (Å²) in [6.07, 6.45) is 8.65. The number of H-pyrrole nitrogens is 1. The Morgan fingerprint density at radius 1 is 1.03 bits per heavy atom. The minimum atomic E-state index is -0.571. The second kappa shape index (κ2) is 13.2. The molecule has 0 saturated carbocycles. The zero-order chi connectivity index (χ0) is 26.8. The fourth-order valence-electron chi connectivity index (χ4n) is 3.44. The van der Waals surface area contributed by atoms with Crippen molar-refractivity contribution in [2.75, 3.05) is 10.6 Å². The molecule has 3 heterocycles. The summed E-state index contributed by atoms with van der Waals surface area (Å²) in [5, 5.41) is 12.0.